The summed E-state index contributed by atoms with van der Waals surface area (Å²) in [6.07, 6.45) is -0.653. The van der Waals surface area contributed by atoms with Crippen molar-refractivity contribution in [1.29, 1.82) is 0 Å². The van der Waals surface area contributed by atoms with Gasteiger partial charge in [-0.2, -0.15) is 0 Å². The third-order valence-electron chi connectivity index (χ3n) is 0.985. The van der Waals surface area contributed by atoms with Gasteiger partial charge < -0.3 is 14.9 Å². The Morgan fingerprint density at radius 3 is 2.45 bits per heavy atom. The fourth-order valence-electron chi connectivity index (χ4n) is 0.429. The van der Waals surface area contributed by atoms with Crippen molar-refractivity contribution in [2.24, 2.45) is 0 Å². The predicted molar refractivity (Wildman–Crippen MR) is 44.3 cm³/mol. The van der Waals surface area contributed by atoms with Crippen LogP contribution in [0.25, 0.3) is 0 Å². The molecule has 0 fully saturated rings. The van der Waals surface area contributed by atoms with Crippen molar-refractivity contribution < 1.29 is 14.9 Å². The van der Waals surface area contributed by atoms with E-state index < -0.39 is 11.5 Å². The molecule has 2 unspecified atom stereocenters. The summed E-state index contributed by atoms with van der Waals surface area (Å²) in [5.41, 5.74) is 0. The summed E-state index contributed by atoms with van der Waals surface area (Å²) in [6, 6.07) is 0. The Kier molecular flexibility index (Phi) is 7.43. The van der Waals surface area contributed by atoms with Gasteiger partial charge in [0.25, 0.3) is 0 Å². The fourth-order valence-corrected chi connectivity index (χ4v) is 0.607. The molecule has 0 aliphatic rings. The summed E-state index contributed by atoms with van der Waals surface area (Å²) in [6.45, 7) is 0.261. The Morgan fingerprint density at radius 1 is 1.36 bits per heavy atom. The molecule has 0 heterocycles. The van der Waals surface area contributed by atoms with Crippen molar-refractivity contribution in [3.63, 3.8) is 0 Å². The Morgan fingerprint density at radius 2 is 2.00 bits per heavy atom. The van der Waals surface area contributed by atoms with Gasteiger partial charge in [0.15, 0.2) is 0 Å². The van der Waals surface area contributed by atoms with Crippen molar-refractivity contribution in [3.8, 4) is 0 Å². The Labute approximate surface area is 75.9 Å². The average molecular weight is 203 g/mol. The lowest BCUT2D eigenvalue weighted by Crippen LogP contribution is -2.21. The van der Waals surface area contributed by atoms with Gasteiger partial charge in [0, 0.05) is 0 Å². The van der Waals surface area contributed by atoms with Crippen molar-refractivity contribution >= 4 is 23.2 Å². The zero-order valence-electron chi connectivity index (χ0n) is 6.04. The Balaban J connectivity index is 3.13. The molecule has 0 bridgehead atoms. The molecule has 0 aromatic carbocycles. The van der Waals surface area contributed by atoms with Crippen LogP contribution in [0.1, 0.15) is 0 Å². The van der Waals surface area contributed by atoms with Gasteiger partial charge in [-0.3, -0.25) is 0 Å². The van der Waals surface area contributed by atoms with E-state index in [-0.39, 0.29) is 25.7 Å². The number of aliphatic hydroxyl groups excluding tert-OH is 2. The predicted octanol–water partition coefficient (Wildman–Crippen LogP) is 0.202. The van der Waals surface area contributed by atoms with Crippen LogP contribution in [0.15, 0.2) is 0 Å². The van der Waals surface area contributed by atoms with Gasteiger partial charge >= 0.3 is 0 Å². The highest BCUT2D eigenvalue weighted by Gasteiger charge is 2.05. The van der Waals surface area contributed by atoms with Crippen LogP contribution in [0.2, 0.25) is 0 Å². The second-order valence-electron chi connectivity index (χ2n) is 2.13. The van der Waals surface area contributed by atoms with Gasteiger partial charge in [0.2, 0.25) is 0 Å². The summed E-state index contributed by atoms with van der Waals surface area (Å²) in [5, 5.41) is 16.9. The van der Waals surface area contributed by atoms with Crippen LogP contribution >= 0.6 is 23.2 Å². The lowest BCUT2D eigenvalue weighted by molar-refractivity contribution is 0.0431. The number of hydrogen-bond acceptors (Lipinski definition) is 3. The van der Waals surface area contributed by atoms with Crippen LogP contribution < -0.4 is 0 Å². The quantitative estimate of drug-likeness (QED) is 0.606. The molecule has 0 saturated heterocycles. The molecule has 0 amide bonds. The molecule has 5 heteroatoms. The van der Waals surface area contributed by atoms with E-state index in [1.807, 2.05) is 0 Å². The highest BCUT2D eigenvalue weighted by molar-refractivity contribution is 6.20. The first-order valence-electron chi connectivity index (χ1n) is 3.27. The van der Waals surface area contributed by atoms with Gasteiger partial charge in [0.05, 0.1) is 37.2 Å². The number of hydrogen-bond donors (Lipinski definition) is 2. The van der Waals surface area contributed by atoms with Crippen molar-refractivity contribution in [2.75, 3.05) is 25.7 Å². The van der Waals surface area contributed by atoms with E-state index in [1.165, 1.54) is 0 Å². The number of aliphatic hydroxyl groups is 2. The second kappa shape index (κ2) is 7.13. The Hall–Kier alpha value is 0.460. The third-order valence-corrected chi connectivity index (χ3v) is 1.61. The smallest absolute Gasteiger partial charge is 0.0908 e. The highest BCUT2D eigenvalue weighted by Crippen LogP contribution is 1.96. The van der Waals surface area contributed by atoms with E-state index in [0.29, 0.717) is 0 Å². The van der Waals surface area contributed by atoms with E-state index >= 15 is 0 Å². The van der Waals surface area contributed by atoms with Crippen molar-refractivity contribution in [2.45, 2.75) is 11.5 Å². The van der Waals surface area contributed by atoms with Crippen molar-refractivity contribution in [3.05, 3.63) is 0 Å². The molecular formula is C6H12Cl2O3. The molecule has 2 atom stereocenters. The molecule has 11 heavy (non-hydrogen) atoms. The molecule has 2 N–H and O–H groups in total. The van der Waals surface area contributed by atoms with Crippen LogP contribution in [0.3, 0.4) is 0 Å². The van der Waals surface area contributed by atoms with E-state index in [2.05, 4.69) is 0 Å². The molecule has 0 saturated carbocycles. The lowest BCUT2D eigenvalue weighted by atomic mass is 10.4. The summed E-state index contributed by atoms with van der Waals surface area (Å²) < 4.78 is 4.91. The van der Waals surface area contributed by atoms with E-state index in [4.69, 9.17) is 38.2 Å². The zero-order valence-corrected chi connectivity index (χ0v) is 7.55. The number of rotatable bonds is 6. The summed E-state index contributed by atoms with van der Waals surface area (Å²) in [4.78, 5) is 0. The maximum atomic E-state index is 8.88. The zero-order chi connectivity index (χ0) is 8.69. The van der Waals surface area contributed by atoms with Crippen LogP contribution in [0.5, 0.6) is 0 Å². The van der Waals surface area contributed by atoms with Gasteiger partial charge in [-0.25, -0.2) is 0 Å². The summed E-state index contributed by atoms with van der Waals surface area (Å²) in [5.74, 6) is 0.145. The van der Waals surface area contributed by atoms with Crippen LogP contribution in [-0.4, -0.2) is 47.4 Å². The average Bonchev–Trinajstić information content (AvgIpc) is 2.04. The first-order chi connectivity index (χ1) is 5.20. The Bertz CT molecular complexity index is 81.9. The maximum Gasteiger partial charge on any atom is 0.0908 e. The minimum Gasteiger partial charge on any atom is -0.395 e. The normalized spacial score (nSPS) is 16.4. The number of halogens is 2. The van der Waals surface area contributed by atoms with Crippen LogP contribution in [0.4, 0.5) is 0 Å². The highest BCUT2D eigenvalue weighted by atomic mass is 35.5. The maximum absolute atomic E-state index is 8.88. The van der Waals surface area contributed by atoms with E-state index in [0.717, 1.165) is 0 Å². The summed E-state index contributed by atoms with van der Waals surface area (Å²) >= 11 is 10.8. The molecule has 0 aliphatic heterocycles. The minimum atomic E-state index is -0.653. The molecule has 0 aromatic heterocycles. The van der Waals surface area contributed by atoms with Crippen LogP contribution in [0, 0.1) is 0 Å². The molecule has 0 rings (SSSR count). The fraction of sp³-hybridized carbons (Fsp3) is 1.00. The molecule has 0 aromatic rings. The van der Waals surface area contributed by atoms with E-state index in [9.17, 15) is 0 Å². The summed E-state index contributed by atoms with van der Waals surface area (Å²) in [7, 11) is 0. The molecule has 68 valence electrons. The first-order valence-corrected chi connectivity index (χ1v) is 4.24. The largest absolute Gasteiger partial charge is 0.395 e. The van der Waals surface area contributed by atoms with Gasteiger partial charge in [0.1, 0.15) is 0 Å². The standard InChI is InChI=1S/C6H12Cl2O3/c7-1-6(10)4-11-3-5(8)2-9/h5-6,9-10H,1-4H2. The topological polar surface area (TPSA) is 49.7 Å². The SMILES string of the molecule is OCC(Cl)COCC(O)CCl. The molecule has 0 spiro atoms. The first kappa shape index (κ1) is 11.5. The lowest BCUT2D eigenvalue weighted by Gasteiger charge is -2.09. The molecule has 3 nitrogen and oxygen atoms in total. The number of ether oxygens (including phenoxy) is 1. The monoisotopic (exact) mass is 202 g/mol. The van der Waals surface area contributed by atoms with Gasteiger partial charge in [-0.1, -0.05) is 0 Å². The molecular weight excluding hydrogens is 191 g/mol. The van der Waals surface area contributed by atoms with Gasteiger partial charge in [-0.05, 0) is 0 Å². The van der Waals surface area contributed by atoms with Gasteiger partial charge in [-0.15, -0.1) is 23.2 Å². The van der Waals surface area contributed by atoms with E-state index in [1.54, 1.807) is 0 Å². The van der Waals surface area contributed by atoms with Crippen molar-refractivity contribution in [1.82, 2.24) is 0 Å². The second-order valence-corrected chi connectivity index (χ2v) is 3.05. The molecule has 0 radical (unpaired) electrons. The number of alkyl halides is 2. The van der Waals surface area contributed by atoms with Crippen LogP contribution in [-0.2, 0) is 4.74 Å². The molecule has 0 aliphatic carbocycles. The third kappa shape index (κ3) is 6.84. The minimum absolute atomic E-state index is 0.126.